The van der Waals surface area contributed by atoms with Crippen LogP contribution in [0.5, 0.6) is 5.75 Å². The average Bonchev–Trinajstić information content (AvgIpc) is 3.04. The summed E-state index contributed by atoms with van der Waals surface area (Å²) in [5.41, 5.74) is 1.87. The molecule has 0 N–H and O–H groups in total. The minimum Gasteiger partial charge on any atom is -0.497 e. The summed E-state index contributed by atoms with van der Waals surface area (Å²) >= 11 is 0. The second kappa shape index (κ2) is 8.16. The van der Waals surface area contributed by atoms with Crippen molar-refractivity contribution >= 4 is 16.9 Å². The molecule has 7 heteroatoms. The molecule has 0 spiro atoms. The van der Waals surface area contributed by atoms with Gasteiger partial charge in [-0.3, -0.25) is 9.36 Å². The van der Waals surface area contributed by atoms with E-state index in [0.717, 1.165) is 15.9 Å². The maximum Gasteiger partial charge on any atom is 0.320 e. The number of benzene rings is 2. The summed E-state index contributed by atoms with van der Waals surface area (Å²) in [6.07, 6.45) is 0.857. The number of hydrogen-bond donors (Lipinski definition) is 0. The Labute approximate surface area is 156 Å². The number of imidazole rings is 1. The van der Waals surface area contributed by atoms with Crippen LogP contribution in [0, 0.1) is 0 Å². The third-order valence-electron chi connectivity index (χ3n) is 4.45. The van der Waals surface area contributed by atoms with E-state index < -0.39 is 6.55 Å². The molecule has 0 aliphatic carbocycles. The number of aryl methyl sites for hydroxylation is 1. The molecule has 0 saturated carbocycles. The van der Waals surface area contributed by atoms with Crippen molar-refractivity contribution in [3.05, 3.63) is 59.9 Å². The van der Waals surface area contributed by atoms with Crippen LogP contribution >= 0.6 is 0 Å². The molecule has 27 heavy (non-hydrogen) atoms. The molecular formula is C20H21F2N3O2. The molecule has 142 valence electrons. The lowest BCUT2D eigenvalue weighted by Gasteiger charge is -2.18. The number of fused-ring (bicyclic) bond motifs is 1. The average molecular weight is 373 g/mol. The van der Waals surface area contributed by atoms with E-state index in [2.05, 4.69) is 4.98 Å². The van der Waals surface area contributed by atoms with Crippen LogP contribution in [0.2, 0.25) is 0 Å². The van der Waals surface area contributed by atoms with E-state index in [-0.39, 0.29) is 24.7 Å². The highest BCUT2D eigenvalue weighted by Gasteiger charge is 2.20. The molecule has 2 aromatic carbocycles. The predicted octanol–water partition coefficient (Wildman–Crippen LogP) is 4.03. The Morgan fingerprint density at radius 2 is 1.89 bits per heavy atom. The van der Waals surface area contributed by atoms with E-state index in [0.29, 0.717) is 17.5 Å². The van der Waals surface area contributed by atoms with Crippen LogP contribution in [-0.4, -0.2) is 34.5 Å². The molecule has 5 nitrogen and oxygen atoms in total. The molecule has 1 amide bonds. The highest BCUT2D eigenvalue weighted by atomic mass is 19.3. The van der Waals surface area contributed by atoms with Crippen LogP contribution in [-0.2, 0) is 17.8 Å². The number of amides is 1. The summed E-state index contributed by atoms with van der Waals surface area (Å²) in [5.74, 6) is 0.804. The molecule has 0 radical (unpaired) electrons. The Morgan fingerprint density at radius 1 is 1.19 bits per heavy atom. The number of carbonyl (C=O) groups excluding carboxylic acids is 1. The van der Waals surface area contributed by atoms with Gasteiger partial charge in [0.25, 0.3) is 0 Å². The van der Waals surface area contributed by atoms with Gasteiger partial charge in [-0.25, -0.2) is 4.98 Å². The molecule has 0 saturated heterocycles. The molecule has 0 aliphatic heterocycles. The molecule has 3 rings (SSSR count). The second-order valence-electron chi connectivity index (χ2n) is 6.26. The van der Waals surface area contributed by atoms with E-state index in [1.54, 1.807) is 38.4 Å². The highest BCUT2D eigenvalue weighted by Crippen LogP contribution is 2.24. The van der Waals surface area contributed by atoms with E-state index >= 15 is 0 Å². The number of methoxy groups -OCH3 is 1. The van der Waals surface area contributed by atoms with Gasteiger partial charge < -0.3 is 9.64 Å². The van der Waals surface area contributed by atoms with E-state index in [1.165, 1.54) is 4.90 Å². The van der Waals surface area contributed by atoms with Gasteiger partial charge in [-0.1, -0.05) is 24.3 Å². The molecule has 0 fully saturated rings. The van der Waals surface area contributed by atoms with Crippen molar-refractivity contribution in [2.45, 2.75) is 25.9 Å². The molecule has 0 atom stereocenters. The number of halogens is 2. The molecule has 1 aromatic heterocycles. The largest absolute Gasteiger partial charge is 0.497 e. The summed E-state index contributed by atoms with van der Waals surface area (Å²) in [5, 5.41) is 0. The van der Waals surface area contributed by atoms with Crippen molar-refractivity contribution in [3.8, 4) is 5.75 Å². The van der Waals surface area contributed by atoms with Gasteiger partial charge in [0.1, 0.15) is 11.6 Å². The van der Waals surface area contributed by atoms with Crippen LogP contribution in [0.1, 0.15) is 24.4 Å². The van der Waals surface area contributed by atoms with Crippen LogP contribution in [0.3, 0.4) is 0 Å². The molecule has 0 bridgehead atoms. The minimum atomic E-state index is -2.71. The first kappa shape index (κ1) is 18.8. The van der Waals surface area contributed by atoms with Gasteiger partial charge in [-0.2, -0.15) is 8.78 Å². The van der Waals surface area contributed by atoms with Crippen molar-refractivity contribution in [1.82, 2.24) is 14.5 Å². The van der Waals surface area contributed by atoms with E-state index in [1.807, 2.05) is 24.3 Å². The summed E-state index contributed by atoms with van der Waals surface area (Å²) in [6, 6.07) is 14.2. The first-order valence-electron chi connectivity index (χ1n) is 8.60. The van der Waals surface area contributed by atoms with Gasteiger partial charge >= 0.3 is 6.55 Å². The molecular weight excluding hydrogens is 352 g/mol. The van der Waals surface area contributed by atoms with Crippen LogP contribution < -0.4 is 4.74 Å². The van der Waals surface area contributed by atoms with Gasteiger partial charge in [-0.15, -0.1) is 0 Å². The number of para-hydroxylation sites is 2. The Kier molecular flexibility index (Phi) is 5.69. The Balaban J connectivity index is 1.67. The van der Waals surface area contributed by atoms with Gasteiger partial charge in [0.05, 0.1) is 24.7 Å². The van der Waals surface area contributed by atoms with Crippen molar-refractivity contribution in [2.75, 3.05) is 14.2 Å². The number of aromatic nitrogens is 2. The first-order chi connectivity index (χ1) is 13.0. The third kappa shape index (κ3) is 4.24. The van der Waals surface area contributed by atoms with E-state index in [4.69, 9.17) is 4.74 Å². The third-order valence-corrected chi connectivity index (χ3v) is 4.45. The highest BCUT2D eigenvalue weighted by molar-refractivity contribution is 5.77. The number of alkyl halides is 2. The number of ether oxygens (including phenoxy) is 1. The zero-order valence-electron chi connectivity index (χ0n) is 15.2. The normalized spacial score (nSPS) is 11.1. The van der Waals surface area contributed by atoms with Gasteiger partial charge in [-0.05, 0) is 36.2 Å². The SMILES string of the molecule is COc1ccc(CCC(=O)N(C)Cc2nc3ccccc3n2C(F)F)cc1. The number of hydrogen-bond acceptors (Lipinski definition) is 3. The molecule has 1 heterocycles. The van der Waals surface area contributed by atoms with Gasteiger partial charge in [0, 0.05) is 13.5 Å². The first-order valence-corrected chi connectivity index (χ1v) is 8.60. The fourth-order valence-electron chi connectivity index (χ4n) is 2.96. The second-order valence-corrected chi connectivity index (χ2v) is 6.26. The Morgan fingerprint density at radius 3 is 2.56 bits per heavy atom. The van der Waals surface area contributed by atoms with Crippen molar-refractivity contribution in [3.63, 3.8) is 0 Å². The maximum absolute atomic E-state index is 13.5. The summed E-state index contributed by atoms with van der Waals surface area (Å²) in [4.78, 5) is 18.1. The van der Waals surface area contributed by atoms with Gasteiger partial charge in [0.2, 0.25) is 5.91 Å². The smallest absolute Gasteiger partial charge is 0.320 e. The van der Waals surface area contributed by atoms with Crippen LogP contribution in [0.25, 0.3) is 11.0 Å². The predicted molar refractivity (Wildman–Crippen MR) is 98.8 cm³/mol. The standard InChI is InChI=1S/C20H21F2N3O2/c1-24(19(26)12-9-14-7-10-15(27-2)11-8-14)13-18-23-16-5-3-4-6-17(16)25(18)20(21)22/h3-8,10-11,20H,9,12-13H2,1-2H3. The lowest BCUT2D eigenvalue weighted by Crippen LogP contribution is -2.28. The number of carbonyl (C=O) groups is 1. The number of rotatable bonds is 7. The van der Waals surface area contributed by atoms with Crippen molar-refractivity contribution in [1.29, 1.82) is 0 Å². The monoisotopic (exact) mass is 373 g/mol. The lowest BCUT2D eigenvalue weighted by atomic mass is 10.1. The lowest BCUT2D eigenvalue weighted by molar-refractivity contribution is -0.130. The van der Waals surface area contributed by atoms with Crippen molar-refractivity contribution in [2.24, 2.45) is 0 Å². The van der Waals surface area contributed by atoms with Crippen LogP contribution in [0.4, 0.5) is 8.78 Å². The quantitative estimate of drug-likeness (QED) is 0.628. The molecule has 0 unspecified atom stereocenters. The van der Waals surface area contributed by atoms with Crippen molar-refractivity contribution < 1.29 is 18.3 Å². The molecule has 0 aliphatic rings. The number of nitrogens with zero attached hydrogens (tertiary/aromatic N) is 3. The Bertz CT molecular complexity index is 923. The van der Waals surface area contributed by atoms with Crippen LogP contribution in [0.15, 0.2) is 48.5 Å². The zero-order chi connectivity index (χ0) is 19.4. The molecule has 3 aromatic rings. The summed E-state index contributed by atoms with van der Waals surface area (Å²) in [7, 11) is 3.20. The van der Waals surface area contributed by atoms with E-state index in [9.17, 15) is 13.6 Å². The topological polar surface area (TPSA) is 47.4 Å². The zero-order valence-corrected chi connectivity index (χ0v) is 15.2. The summed E-state index contributed by atoms with van der Waals surface area (Å²) in [6.45, 7) is -2.68. The fraction of sp³-hybridized carbons (Fsp3) is 0.300. The maximum atomic E-state index is 13.5. The summed E-state index contributed by atoms with van der Waals surface area (Å²) < 4.78 is 33.0. The fourth-order valence-corrected chi connectivity index (χ4v) is 2.96. The Hall–Kier alpha value is -2.96. The minimum absolute atomic E-state index is 0.0282. The van der Waals surface area contributed by atoms with Gasteiger partial charge in [0.15, 0.2) is 0 Å².